The topological polar surface area (TPSA) is 101 Å². The van der Waals surface area contributed by atoms with E-state index in [0.29, 0.717) is 42.5 Å². The lowest BCUT2D eigenvalue weighted by Gasteiger charge is -2.24. The zero-order valence-electron chi connectivity index (χ0n) is 13.7. The molecule has 1 saturated heterocycles. The highest BCUT2D eigenvalue weighted by atomic mass is 16.5. The number of ether oxygens (including phenoxy) is 1. The van der Waals surface area contributed by atoms with Crippen LogP contribution in [0.5, 0.6) is 5.88 Å². The molecule has 0 aromatic carbocycles. The molecular weight excluding hydrogens is 312 g/mol. The second kappa shape index (κ2) is 6.86. The van der Waals surface area contributed by atoms with E-state index in [-0.39, 0.29) is 17.5 Å². The zero-order valence-corrected chi connectivity index (χ0v) is 13.7. The number of carbonyl (C=O) groups is 1. The lowest BCUT2D eigenvalue weighted by atomic mass is 10.1. The van der Waals surface area contributed by atoms with Gasteiger partial charge in [0.15, 0.2) is 0 Å². The average Bonchev–Trinajstić information content (AvgIpc) is 3.20. The van der Waals surface area contributed by atoms with Crippen molar-refractivity contribution in [3.8, 4) is 5.88 Å². The lowest BCUT2D eigenvalue weighted by Crippen LogP contribution is -2.32. The molecule has 1 amide bonds. The van der Waals surface area contributed by atoms with Crippen molar-refractivity contribution in [2.45, 2.75) is 38.6 Å². The molecule has 8 heteroatoms. The molecule has 8 nitrogen and oxygen atoms in total. The van der Waals surface area contributed by atoms with E-state index in [1.165, 1.54) is 13.2 Å². The molecule has 0 unspecified atom stereocenters. The van der Waals surface area contributed by atoms with Gasteiger partial charge in [0.05, 0.1) is 13.2 Å². The van der Waals surface area contributed by atoms with Gasteiger partial charge >= 0.3 is 0 Å². The van der Waals surface area contributed by atoms with Gasteiger partial charge in [-0.25, -0.2) is 4.98 Å². The Bertz CT molecular complexity index is 782. The summed E-state index contributed by atoms with van der Waals surface area (Å²) in [6.07, 6.45) is 2.46. The molecule has 24 heavy (non-hydrogen) atoms. The van der Waals surface area contributed by atoms with Crippen molar-refractivity contribution >= 4 is 5.91 Å². The normalized spacial score (nSPS) is 17.2. The fraction of sp³-hybridized carbons (Fsp3) is 0.500. The van der Waals surface area contributed by atoms with Crippen LogP contribution in [0.3, 0.4) is 0 Å². The highest BCUT2D eigenvalue weighted by molar-refractivity contribution is 5.77. The van der Waals surface area contributed by atoms with Gasteiger partial charge in [0.2, 0.25) is 5.91 Å². The van der Waals surface area contributed by atoms with Crippen LogP contribution in [0, 0.1) is 6.92 Å². The Morgan fingerprint density at radius 3 is 3.04 bits per heavy atom. The van der Waals surface area contributed by atoms with Gasteiger partial charge in [-0.15, -0.1) is 0 Å². The summed E-state index contributed by atoms with van der Waals surface area (Å²) in [6, 6.07) is 2.95. The van der Waals surface area contributed by atoms with E-state index in [9.17, 15) is 9.59 Å². The van der Waals surface area contributed by atoms with Crippen molar-refractivity contribution in [2.24, 2.45) is 0 Å². The third kappa shape index (κ3) is 3.47. The fourth-order valence-corrected chi connectivity index (χ4v) is 2.99. The molecule has 2 aromatic heterocycles. The Labute approximate surface area is 138 Å². The second-order valence-corrected chi connectivity index (χ2v) is 5.85. The van der Waals surface area contributed by atoms with Crippen LogP contribution in [0.2, 0.25) is 0 Å². The summed E-state index contributed by atoms with van der Waals surface area (Å²) in [7, 11) is 1.51. The summed E-state index contributed by atoms with van der Waals surface area (Å²) < 4.78 is 10.1. The summed E-state index contributed by atoms with van der Waals surface area (Å²) in [5, 5.41) is 3.72. The molecular formula is C16H20N4O4. The van der Waals surface area contributed by atoms with Gasteiger partial charge in [0.1, 0.15) is 11.6 Å². The molecule has 0 saturated carbocycles. The van der Waals surface area contributed by atoms with Crippen molar-refractivity contribution in [1.82, 2.24) is 20.0 Å². The summed E-state index contributed by atoms with van der Waals surface area (Å²) in [5.74, 6) is 1.58. The first-order valence-electron chi connectivity index (χ1n) is 7.93. The van der Waals surface area contributed by atoms with Crippen molar-refractivity contribution in [3.63, 3.8) is 0 Å². The summed E-state index contributed by atoms with van der Waals surface area (Å²) in [5.41, 5.74) is 0.465. The van der Waals surface area contributed by atoms with E-state index in [2.05, 4.69) is 15.1 Å². The van der Waals surface area contributed by atoms with Gasteiger partial charge in [-0.1, -0.05) is 0 Å². The van der Waals surface area contributed by atoms with Crippen LogP contribution in [0.25, 0.3) is 0 Å². The first-order chi connectivity index (χ1) is 11.6. The second-order valence-electron chi connectivity index (χ2n) is 5.85. The maximum atomic E-state index is 12.6. The van der Waals surface area contributed by atoms with E-state index in [1.54, 1.807) is 17.9 Å². The quantitative estimate of drug-likeness (QED) is 0.887. The first-order valence-corrected chi connectivity index (χ1v) is 7.93. The number of nitrogens with one attached hydrogen (secondary N) is 1. The van der Waals surface area contributed by atoms with E-state index in [1.807, 2.05) is 0 Å². The number of likely N-dealkylation sites (tertiary alicyclic amines) is 1. The smallest absolute Gasteiger partial charge is 0.254 e. The third-order valence-electron chi connectivity index (χ3n) is 4.11. The molecule has 0 radical (unpaired) electrons. The number of aromatic nitrogens is 3. The fourth-order valence-electron chi connectivity index (χ4n) is 2.99. The molecule has 2 aromatic rings. The Hall–Kier alpha value is -2.64. The number of hydrogen-bond acceptors (Lipinski definition) is 6. The van der Waals surface area contributed by atoms with Crippen molar-refractivity contribution < 1.29 is 14.1 Å². The molecule has 1 N–H and O–H groups in total. The lowest BCUT2D eigenvalue weighted by molar-refractivity contribution is -0.132. The van der Waals surface area contributed by atoms with Gasteiger partial charge < -0.3 is 19.1 Å². The van der Waals surface area contributed by atoms with Crippen molar-refractivity contribution in [2.75, 3.05) is 13.7 Å². The van der Waals surface area contributed by atoms with Gasteiger partial charge in [-0.05, 0) is 24.9 Å². The molecule has 3 rings (SSSR count). The number of aryl methyl sites for hydroxylation is 2. The Balaban J connectivity index is 1.68. The number of H-pyrrole nitrogens is 1. The molecule has 1 fully saturated rings. The summed E-state index contributed by atoms with van der Waals surface area (Å²) >= 11 is 0. The standard InChI is InChI=1S/C16H20N4O4/c1-10-8-13(21)18-16(17-10)12-4-3-7-20(12)15(22)6-5-11-9-14(23-2)19-24-11/h8-9,12H,3-7H2,1-2H3,(H,17,18,21)/t12-/m1/s1. The summed E-state index contributed by atoms with van der Waals surface area (Å²) in [4.78, 5) is 33.1. The van der Waals surface area contributed by atoms with Crippen LogP contribution in [0.1, 0.15) is 42.6 Å². The monoisotopic (exact) mass is 332 g/mol. The molecule has 0 aliphatic carbocycles. The number of aromatic amines is 1. The highest BCUT2D eigenvalue weighted by Crippen LogP contribution is 2.30. The van der Waals surface area contributed by atoms with E-state index in [4.69, 9.17) is 9.26 Å². The van der Waals surface area contributed by atoms with Crippen LogP contribution in [-0.2, 0) is 11.2 Å². The Morgan fingerprint density at radius 1 is 1.50 bits per heavy atom. The Morgan fingerprint density at radius 2 is 2.33 bits per heavy atom. The minimum absolute atomic E-state index is 0.0111. The highest BCUT2D eigenvalue weighted by Gasteiger charge is 2.31. The van der Waals surface area contributed by atoms with Crippen LogP contribution >= 0.6 is 0 Å². The number of methoxy groups -OCH3 is 1. The number of nitrogens with zero attached hydrogens (tertiary/aromatic N) is 3. The van der Waals surface area contributed by atoms with Gasteiger partial charge in [-0.3, -0.25) is 9.59 Å². The van der Waals surface area contributed by atoms with Crippen LogP contribution in [0.15, 0.2) is 21.5 Å². The summed E-state index contributed by atoms with van der Waals surface area (Å²) in [6.45, 7) is 2.44. The van der Waals surface area contributed by atoms with Crippen LogP contribution < -0.4 is 10.3 Å². The molecule has 1 aliphatic rings. The minimum Gasteiger partial charge on any atom is -0.479 e. The third-order valence-corrected chi connectivity index (χ3v) is 4.11. The predicted molar refractivity (Wildman–Crippen MR) is 84.7 cm³/mol. The number of rotatable bonds is 5. The average molecular weight is 332 g/mol. The Kier molecular flexibility index (Phi) is 4.64. The molecule has 1 atom stereocenters. The van der Waals surface area contributed by atoms with E-state index in [0.717, 1.165) is 12.8 Å². The zero-order chi connectivity index (χ0) is 17.1. The van der Waals surface area contributed by atoms with Crippen LogP contribution in [0.4, 0.5) is 0 Å². The molecule has 0 bridgehead atoms. The number of hydrogen-bond donors (Lipinski definition) is 1. The first kappa shape index (κ1) is 16.2. The van der Waals surface area contributed by atoms with E-state index < -0.39 is 0 Å². The molecule has 1 aliphatic heterocycles. The predicted octanol–water partition coefficient (Wildman–Crippen LogP) is 1.37. The maximum absolute atomic E-state index is 12.6. The van der Waals surface area contributed by atoms with E-state index >= 15 is 0 Å². The molecule has 0 spiro atoms. The number of amides is 1. The van der Waals surface area contributed by atoms with Crippen molar-refractivity contribution in [3.05, 3.63) is 39.8 Å². The van der Waals surface area contributed by atoms with Gasteiger partial charge in [0.25, 0.3) is 11.4 Å². The van der Waals surface area contributed by atoms with Gasteiger partial charge in [-0.2, -0.15) is 0 Å². The molecule has 3 heterocycles. The van der Waals surface area contributed by atoms with Crippen molar-refractivity contribution in [1.29, 1.82) is 0 Å². The minimum atomic E-state index is -0.189. The molecule has 128 valence electrons. The maximum Gasteiger partial charge on any atom is 0.254 e. The largest absolute Gasteiger partial charge is 0.479 e. The SMILES string of the molecule is COc1cc(CCC(=O)N2CCC[C@@H]2c2nc(C)cc(=O)[nH]2)on1. The number of carbonyl (C=O) groups excluding carboxylic acids is 1. The van der Waals surface area contributed by atoms with Gasteiger partial charge in [0, 0.05) is 37.2 Å². The van der Waals surface area contributed by atoms with Crippen LogP contribution in [-0.4, -0.2) is 39.6 Å².